The average molecular weight is 346 g/mol. The summed E-state index contributed by atoms with van der Waals surface area (Å²) in [6.07, 6.45) is 8.86. The van der Waals surface area contributed by atoms with E-state index in [4.69, 9.17) is 9.47 Å². The van der Waals surface area contributed by atoms with Crippen LogP contribution < -0.4 is 9.47 Å². The predicted molar refractivity (Wildman–Crippen MR) is 111 cm³/mol. The maximum atomic E-state index is 5.89. The van der Waals surface area contributed by atoms with Crippen LogP contribution in [0.2, 0.25) is 0 Å². The van der Waals surface area contributed by atoms with Crippen LogP contribution in [0.15, 0.2) is 87.0 Å². The molecule has 0 aliphatic heterocycles. The minimum absolute atomic E-state index is 0.447. The molecule has 0 bridgehead atoms. The molecule has 0 atom stereocenters. The molecule has 2 aromatic carbocycles. The topological polar surface area (TPSA) is 18.5 Å². The van der Waals surface area contributed by atoms with E-state index in [1.807, 2.05) is 24.3 Å². The zero-order chi connectivity index (χ0) is 18.8. The summed E-state index contributed by atoms with van der Waals surface area (Å²) in [7, 11) is 0. The highest BCUT2D eigenvalue weighted by Gasteiger charge is 2.14. The van der Waals surface area contributed by atoms with Crippen LogP contribution in [0, 0.1) is 0 Å². The Kier molecular flexibility index (Phi) is 7.50. The van der Waals surface area contributed by atoms with Crippen LogP contribution in [0.25, 0.3) is 11.1 Å². The molecular weight excluding hydrogens is 320 g/mol. The number of ether oxygens (including phenoxy) is 2. The Morgan fingerprint density at radius 3 is 1.38 bits per heavy atom. The minimum Gasteiger partial charge on any atom is -0.489 e. The Labute approximate surface area is 156 Å². The lowest BCUT2D eigenvalue weighted by atomic mass is 9.97. The van der Waals surface area contributed by atoms with Crippen molar-refractivity contribution in [2.45, 2.75) is 12.8 Å². The van der Waals surface area contributed by atoms with Crippen molar-refractivity contribution in [3.8, 4) is 22.6 Å². The number of hydrogen-bond donors (Lipinski definition) is 0. The molecule has 0 aromatic heterocycles. The van der Waals surface area contributed by atoms with Gasteiger partial charge in [0.05, 0.1) is 0 Å². The second-order valence-electron chi connectivity index (χ2n) is 5.85. The van der Waals surface area contributed by atoms with Gasteiger partial charge < -0.3 is 9.47 Å². The molecule has 26 heavy (non-hydrogen) atoms. The molecule has 0 N–H and O–H groups in total. The Bertz CT molecular complexity index is 719. The van der Waals surface area contributed by atoms with Crippen molar-refractivity contribution >= 4 is 0 Å². The Balaban J connectivity index is 2.60. The summed E-state index contributed by atoms with van der Waals surface area (Å²) in [6.45, 7) is 16.0. The number of hydrogen-bond acceptors (Lipinski definition) is 2. The number of allylic oxidation sites excluding steroid dienone is 2. The van der Waals surface area contributed by atoms with Gasteiger partial charge in [0.1, 0.15) is 24.7 Å². The molecule has 0 saturated carbocycles. The monoisotopic (exact) mass is 346 g/mol. The van der Waals surface area contributed by atoms with Gasteiger partial charge in [-0.2, -0.15) is 0 Å². The standard InChI is InChI=1S/C24H26O2/c1-5-9-19-11-13-23(25-15-7-3)21(17-19)22-18-20(10-6-2)12-14-24(22)26-16-8-4/h5-8,11-14,17-18H,1-4,9-10,15-16H2. The van der Waals surface area contributed by atoms with E-state index in [9.17, 15) is 0 Å². The van der Waals surface area contributed by atoms with Crippen molar-refractivity contribution in [3.63, 3.8) is 0 Å². The summed E-state index contributed by atoms with van der Waals surface area (Å²) in [4.78, 5) is 0. The molecule has 0 fully saturated rings. The molecule has 2 rings (SSSR count). The van der Waals surface area contributed by atoms with E-state index in [1.165, 1.54) is 11.1 Å². The molecule has 0 aliphatic carbocycles. The zero-order valence-corrected chi connectivity index (χ0v) is 15.2. The molecule has 2 aromatic rings. The summed E-state index contributed by atoms with van der Waals surface area (Å²) in [5.74, 6) is 1.61. The fourth-order valence-electron chi connectivity index (χ4n) is 2.71. The highest BCUT2D eigenvalue weighted by molar-refractivity contribution is 5.77. The van der Waals surface area contributed by atoms with E-state index >= 15 is 0 Å². The Hall–Kier alpha value is -3.00. The lowest BCUT2D eigenvalue weighted by Crippen LogP contribution is -2.00. The maximum Gasteiger partial charge on any atom is 0.127 e. The number of rotatable bonds is 11. The Morgan fingerprint density at radius 2 is 1.04 bits per heavy atom. The van der Waals surface area contributed by atoms with E-state index in [1.54, 1.807) is 12.2 Å². The van der Waals surface area contributed by atoms with Gasteiger partial charge in [-0.15, -0.1) is 13.2 Å². The molecule has 0 radical (unpaired) electrons. The van der Waals surface area contributed by atoms with Crippen molar-refractivity contribution in [2.24, 2.45) is 0 Å². The first-order valence-electron chi connectivity index (χ1n) is 8.68. The van der Waals surface area contributed by atoms with Gasteiger partial charge in [0.2, 0.25) is 0 Å². The first kappa shape index (κ1) is 19.3. The van der Waals surface area contributed by atoms with E-state index in [0.717, 1.165) is 35.5 Å². The second kappa shape index (κ2) is 10.1. The number of benzene rings is 2. The third kappa shape index (κ3) is 5.00. The van der Waals surface area contributed by atoms with Gasteiger partial charge in [0.25, 0.3) is 0 Å². The summed E-state index contributed by atoms with van der Waals surface area (Å²) >= 11 is 0. The van der Waals surface area contributed by atoms with E-state index < -0.39 is 0 Å². The average Bonchev–Trinajstić information content (AvgIpc) is 2.66. The van der Waals surface area contributed by atoms with Gasteiger partial charge in [-0.05, 0) is 48.2 Å². The van der Waals surface area contributed by atoms with Crippen LogP contribution in [0.5, 0.6) is 11.5 Å². The van der Waals surface area contributed by atoms with Gasteiger partial charge in [0, 0.05) is 11.1 Å². The SMILES string of the molecule is C=CCOc1ccc(CC=C)cc1-c1cc(CC=C)ccc1OCC=C. The van der Waals surface area contributed by atoms with Crippen LogP contribution in [0.1, 0.15) is 11.1 Å². The van der Waals surface area contributed by atoms with E-state index in [-0.39, 0.29) is 0 Å². The van der Waals surface area contributed by atoms with Crippen LogP contribution in [-0.4, -0.2) is 13.2 Å². The molecule has 2 nitrogen and oxygen atoms in total. The normalized spacial score (nSPS) is 10.0. The van der Waals surface area contributed by atoms with Gasteiger partial charge >= 0.3 is 0 Å². The van der Waals surface area contributed by atoms with E-state index in [0.29, 0.717) is 13.2 Å². The Morgan fingerprint density at radius 1 is 0.615 bits per heavy atom. The molecule has 0 unspecified atom stereocenters. The lowest BCUT2D eigenvalue weighted by Gasteiger charge is -2.17. The minimum atomic E-state index is 0.447. The molecule has 2 heteroatoms. The fourth-order valence-corrected chi connectivity index (χ4v) is 2.71. The lowest BCUT2D eigenvalue weighted by molar-refractivity contribution is 0.359. The van der Waals surface area contributed by atoms with Crippen LogP contribution in [0.4, 0.5) is 0 Å². The summed E-state index contributed by atoms with van der Waals surface area (Å²) in [5, 5.41) is 0. The molecule has 0 saturated heterocycles. The third-order valence-corrected chi connectivity index (χ3v) is 3.85. The van der Waals surface area contributed by atoms with Crippen LogP contribution in [0.3, 0.4) is 0 Å². The zero-order valence-electron chi connectivity index (χ0n) is 15.2. The highest BCUT2D eigenvalue weighted by atomic mass is 16.5. The molecule has 134 valence electrons. The summed E-state index contributed by atoms with van der Waals surface area (Å²) < 4.78 is 11.8. The highest BCUT2D eigenvalue weighted by Crippen LogP contribution is 2.38. The van der Waals surface area contributed by atoms with Crippen molar-refractivity contribution in [1.82, 2.24) is 0 Å². The van der Waals surface area contributed by atoms with Crippen molar-refractivity contribution < 1.29 is 9.47 Å². The quantitative estimate of drug-likeness (QED) is 0.469. The summed E-state index contributed by atoms with van der Waals surface area (Å²) in [6, 6.07) is 12.4. The van der Waals surface area contributed by atoms with Crippen LogP contribution >= 0.6 is 0 Å². The molecule has 0 amide bonds. The third-order valence-electron chi connectivity index (χ3n) is 3.85. The molecule has 0 aliphatic rings. The summed E-state index contributed by atoms with van der Waals surface area (Å²) in [5.41, 5.74) is 4.34. The van der Waals surface area contributed by atoms with Gasteiger partial charge in [-0.25, -0.2) is 0 Å². The molecule has 0 spiro atoms. The smallest absolute Gasteiger partial charge is 0.127 e. The van der Waals surface area contributed by atoms with Gasteiger partial charge in [-0.3, -0.25) is 0 Å². The van der Waals surface area contributed by atoms with Crippen molar-refractivity contribution in [3.05, 3.63) is 98.1 Å². The van der Waals surface area contributed by atoms with Gasteiger partial charge in [-0.1, -0.05) is 49.6 Å². The van der Waals surface area contributed by atoms with Gasteiger partial charge in [0.15, 0.2) is 0 Å². The first-order valence-corrected chi connectivity index (χ1v) is 8.68. The maximum absolute atomic E-state index is 5.89. The largest absolute Gasteiger partial charge is 0.489 e. The van der Waals surface area contributed by atoms with Crippen LogP contribution in [-0.2, 0) is 12.8 Å². The fraction of sp³-hybridized carbons (Fsp3) is 0.167. The van der Waals surface area contributed by atoms with Crippen molar-refractivity contribution in [1.29, 1.82) is 0 Å². The molecule has 0 heterocycles. The van der Waals surface area contributed by atoms with E-state index in [2.05, 4.69) is 50.6 Å². The predicted octanol–water partition coefficient (Wildman–Crippen LogP) is 5.94. The molecular formula is C24H26O2. The second-order valence-corrected chi connectivity index (χ2v) is 5.85. The first-order chi connectivity index (χ1) is 12.7. The van der Waals surface area contributed by atoms with Crippen molar-refractivity contribution in [2.75, 3.05) is 13.2 Å².